The van der Waals surface area contributed by atoms with E-state index < -0.39 is 0 Å². The first kappa shape index (κ1) is 19.1. The zero-order chi connectivity index (χ0) is 17.1. The molecule has 1 saturated heterocycles. The predicted octanol–water partition coefficient (Wildman–Crippen LogP) is 2.99. The smallest absolute Gasteiger partial charge is 0.231 e. The second kappa shape index (κ2) is 8.81. The lowest BCUT2D eigenvalue weighted by Crippen LogP contribution is -2.52. The molecule has 0 bridgehead atoms. The number of aliphatic imine (C=N–C) groups is 1. The van der Waals surface area contributed by atoms with Crippen LogP contribution in [0.1, 0.15) is 5.56 Å². The lowest BCUT2D eigenvalue weighted by molar-refractivity contribution is 0.173. The van der Waals surface area contributed by atoms with Gasteiger partial charge in [0.15, 0.2) is 17.5 Å². The maximum Gasteiger partial charge on any atom is 0.231 e. The van der Waals surface area contributed by atoms with Crippen molar-refractivity contribution in [2.45, 2.75) is 6.54 Å². The number of nitrogens with one attached hydrogen (secondary N) is 1. The molecule has 1 aromatic carbocycles. The van der Waals surface area contributed by atoms with Crippen molar-refractivity contribution in [2.75, 3.05) is 44.9 Å². The molecule has 26 heavy (non-hydrogen) atoms. The lowest BCUT2D eigenvalue weighted by Gasteiger charge is -2.37. The topological polar surface area (TPSA) is 49.3 Å². The highest BCUT2D eigenvalue weighted by atomic mass is 127. The van der Waals surface area contributed by atoms with E-state index in [4.69, 9.17) is 9.47 Å². The Morgan fingerprint density at radius 1 is 1.15 bits per heavy atom. The Balaban J connectivity index is 0.00000196. The Kier molecular flexibility index (Phi) is 6.47. The van der Waals surface area contributed by atoms with Gasteiger partial charge in [-0.15, -0.1) is 35.3 Å². The number of rotatable bonds is 3. The van der Waals surface area contributed by atoms with E-state index in [0.29, 0.717) is 13.3 Å². The van der Waals surface area contributed by atoms with E-state index >= 15 is 0 Å². The average molecular weight is 486 g/mol. The molecule has 0 amide bonds. The Morgan fingerprint density at radius 2 is 2.00 bits per heavy atom. The molecule has 0 saturated carbocycles. The van der Waals surface area contributed by atoms with Crippen LogP contribution >= 0.6 is 35.3 Å². The molecule has 8 heteroatoms. The summed E-state index contributed by atoms with van der Waals surface area (Å²) in [5.74, 6) is 2.59. The van der Waals surface area contributed by atoms with E-state index in [-0.39, 0.29) is 24.0 Å². The highest BCUT2D eigenvalue weighted by Gasteiger charge is 2.21. The van der Waals surface area contributed by atoms with Gasteiger partial charge in [-0.25, -0.2) is 0 Å². The fourth-order valence-electron chi connectivity index (χ4n) is 3.22. The van der Waals surface area contributed by atoms with Crippen LogP contribution in [0.5, 0.6) is 11.5 Å². The normalized spacial score (nSPS) is 16.4. The fourth-order valence-corrected chi connectivity index (χ4v) is 4.01. The number of fused-ring (bicyclic) bond motifs is 1. The number of thiophene rings is 1. The first-order valence-electron chi connectivity index (χ1n) is 8.46. The maximum absolute atomic E-state index is 5.58. The molecule has 0 aliphatic carbocycles. The zero-order valence-corrected chi connectivity index (χ0v) is 17.8. The van der Waals surface area contributed by atoms with Gasteiger partial charge in [0, 0.05) is 45.3 Å². The van der Waals surface area contributed by atoms with Crippen molar-refractivity contribution in [1.82, 2.24) is 10.2 Å². The van der Waals surface area contributed by atoms with Crippen molar-refractivity contribution in [3.63, 3.8) is 0 Å². The number of guanidine groups is 1. The number of hydrogen-bond donors (Lipinski definition) is 1. The summed E-state index contributed by atoms with van der Waals surface area (Å²) in [5.41, 5.74) is 1.09. The van der Waals surface area contributed by atoms with Crippen LogP contribution in [0.15, 0.2) is 40.7 Å². The largest absolute Gasteiger partial charge is 0.454 e. The zero-order valence-electron chi connectivity index (χ0n) is 14.7. The number of hydrogen-bond acceptors (Lipinski definition) is 5. The molecular formula is C18H23IN4O2S. The highest BCUT2D eigenvalue weighted by molar-refractivity contribution is 14.0. The van der Waals surface area contributed by atoms with Crippen molar-refractivity contribution >= 4 is 46.3 Å². The Morgan fingerprint density at radius 3 is 2.73 bits per heavy atom. The van der Waals surface area contributed by atoms with Gasteiger partial charge in [0.2, 0.25) is 6.79 Å². The molecule has 4 rings (SSSR count). The summed E-state index contributed by atoms with van der Waals surface area (Å²) in [6.07, 6.45) is 0. The number of anilines is 1. The van der Waals surface area contributed by atoms with E-state index in [2.05, 4.69) is 43.7 Å². The first-order valence-corrected chi connectivity index (χ1v) is 9.34. The summed E-state index contributed by atoms with van der Waals surface area (Å²) in [4.78, 5) is 9.20. The average Bonchev–Trinajstić information content (AvgIpc) is 3.35. The number of ether oxygens (including phenoxy) is 2. The van der Waals surface area contributed by atoms with E-state index in [0.717, 1.165) is 49.2 Å². The second-order valence-electron chi connectivity index (χ2n) is 5.98. The van der Waals surface area contributed by atoms with Crippen molar-refractivity contribution < 1.29 is 9.47 Å². The van der Waals surface area contributed by atoms with E-state index in [1.165, 1.54) is 5.00 Å². The minimum atomic E-state index is 0. The Labute approximate surface area is 174 Å². The third-order valence-corrected chi connectivity index (χ3v) is 5.45. The van der Waals surface area contributed by atoms with Gasteiger partial charge in [0.25, 0.3) is 0 Å². The molecule has 0 radical (unpaired) electrons. The number of benzene rings is 1. The van der Waals surface area contributed by atoms with E-state index in [9.17, 15) is 0 Å². The lowest BCUT2D eigenvalue weighted by atomic mass is 10.2. The minimum absolute atomic E-state index is 0. The summed E-state index contributed by atoms with van der Waals surface area (Å²) < 4.78 is 11.0. The van der Waals surface area contributed by atoms with Gasteiger partial charge in [-0.3, -0.25) is 4.99 Å². The van der Waals surface area contributed by atoms with Crippen LogP contribution in [0.2, 0.25) is 0 Å². The molecule has 6 nitrogen and oxygen atoms in total. The van der Waals surface area contributed by atoms with Gasteiger partial charge in [-0.2, -0.15) is 0 Å². The number of nitrogens with zero attached hydrogens (tertiary/aromatic N) is 3. The summed E-state index contributed by atoms with van der Waals surface area (Å²) in [6, 6.07) is 10.3. The predicted molar refractivity (Wildman–Crippen MR) is 116 cm³/mol. The van der Waals surface area contributed by atoms with Gasteiger partial charge >= 0.3 is 0 Å². The molecule has 2 aliphatic heterocycles. The summed E-state index contributed by atoms with van der Waals surface area (Å²) in [6.45, 7) is 4.92. The van der Waals surface area contributed by atoms with E-state index in [1.54, 1.807) is 11.3 Å². The molecule has 0 unspecified atom stereocenters. The third-order valence-electron chi connectivity index (χ3n) is 4.52. The van der Waals surface area contributed by atoms with Crippen LogP contribution in [0.4, 0.5) is 5.00 Å². The van der Waals surface area contributed by atoms with E-state index in [1.807, 2.05) is 19.2 Å². The molecule has 0 spiro atoms. The molecule has 140 valence electrons. The van der Waals surface area contributed by atoms with Crippen molar-refractivity contribution in [2.24, 2.45) is 4.99 Å². The SMILES string of the molecule is CN=C(NCc1cccc2c1OCO2)N1CCN(c2cccs2)CC1.I. The molecule has 0 atom stereocenters. The molecule has 2 aromatic rings. The summed E-state index contributed by atoms with van der Waals surface area (Å²) in [7, 11) is 1.84. The Hall–Kier alpha value is -1.68. The standard InChI is InChI=1S/C18H22N4O2S.HI/c1-19-18(20-12-14-4-2-5-15-17(14)24-13-23-15)22-9-7-21(8-10-22)16-6-3-11-25-16;/h2-6,11H,7-10,12-13H2,1H3,(H,19,20);1H. The van der Waals surface area contributed by atoms with Crippen LogP contribution in [-0.2, 0) is 6.54 Å². The fraction of sp³-hybridized carbons (Fsp3) is 0.389. The van der Waals surface area contributed by atoms with Gasteiger partial charge < -0.3 is 24.6 Å². The molecule has 1 aromatic heterocycles. The maximum atomic E-state index is 5.58. The molecule has 2 aliphatic rings. The number of halogens is 1. The molecule has 1 N–H and O–H groups in total. The van der Waals surface area contributed by atoms with Crippen LogP contribution < -0.4 is 19.7 Å². The third kappa shape index (κ3) is 4.01. The van der Waals surface area contributed by atoms with Crippen molar-refractivity contribution in [1.29, 1.82) is 0 Å². The molecular weight excluding hydrogens is 463 g/mol. The molecule has 3 heterocycles. The van der Waals surface area contributed by atoms with Crippen LogP contribution in [-0.4, -0.2) is 50.9 Å². The highest BCUT2D eigenvalue weighted by Crippen LogP contribution is 2.35. The molecule has 1 fully saturated rings. The second-order valence-corrected chi connectivity index (χ2v) is 6.90. The van der Waals surface area contributed by atoms with Crippen LogP contribution in [0.25, 0.3) is 0 Å². The Bertz CT molecular complexity index is 746. The summed E-state index contributed by atoms with van der Waals surface area (Å²) >= 11 is 1.80. The van der Waals surface area contributed by atoms with Gasteiger partial charge in [-0.1, -0.05) is 12.1 Å². The summed E-state index contributed by atoms with van der Waals surface area (Å²) in [5, 5.41) is 6.94. The minimum Gasteiger partial charge on any atom is -0.454 e. The van der Waals surface area contributed by atoms with Gasteiger partial charge in [-0.05, 0) is 23.6 Å². The van der Waals surface area contributed by atoms with Crippen LogP contribution in [0, 0.1) is 0 Å². The monoisotopic (exact) mass is 486 g/mol. The van der Waals surface area contributed by atoms with Crippen molar-refractivity contribution in [3.05, 3.63) is 41.3 Å². The van der Waals surface area contributed by atoms with Gasteiger partial charge in [0.05, 0.1) is 5.00 Å². The number of piperazine rings is 1. The first-order chi connectivity index (χ1) is 12.3. The quantitative estimate of drug-likeness (QED) is 0.411. The van der Waals surface area contributed by atoms with Gasteiger partial charge in [0.1, 0.15) is 0 Å². The van der Waals surface area contributed by atoms with Crippen molar-refractivity contribution in [3.8, 4) is 11.5 Å². The number of para-hydroxylation sites is 1. The van der Waals surface area contributed by atoms with Crippen LogP contribution in [0.3, 0.4) is 0 Å².